The second-order valence-corrected chi connectivity index (χ2v) is 5.16. The second-order valence-electron chi connectivity index (χ2n) is 4.75. The summed E-state index contributed by atoms with van der Waals surface area (Å²) < 4.78 is 38.0. The summed E-state index contributed by atoms with van der Waals surface area (Å²) in [6.07, 6.45) is -3.89. The number of aliphatic carboxylic acids is 1. The molecule has 0 saturated carbocycles. The van der Waals surface area contributed by atoms with Gasteiger partial charge in [0.1, 0.15) is 0 Å². The SMILES string of the molecule is CCC[C@H](CC(=O)O)NC(=O)c1cc(C(F)(F)F)ccc1Cl. The number of alkyl halides is 3. The van der Waals surface area contributed by atoms with Gasteiger partial charge < -0.3 is 10.4 Å². The van der Waals surface area contributed by atoms with Gasteiger partial charge in [0.15, 0.2) is 0 Å². The van der Waals surface area contributed by atoms with E-state index in [0.29, 0.717) is 18.9 Å². The number of hydrogen-bond acceptors (Lipinski definition) is 2. The molecular weight excluding hydrogens is 323 g/mol. The number of benzene rings is 1. The first-order valence-corrected chi connectivity index (χ1v) is 6.92. The number of amides is 1. The molecule has 1 amide bonds. The van der Waals surface area contributed by atoms with E-state index >= 15 is 0 Å². The van der Waals surface area contributed by atoms with E-state index in [1.165, 1.54) is 0 Å². The average Bonchev–Trinajstić information content (AvgIpc) is 2.37. The molecule has 0 unspecified atom stereocenters. The molecule has 8 heteroatoms. The maximum atomic E-state index is 12.7. The first kappa shape index (κ1) is 18.3. The van der Waals surface area contributed by atoms with E-state index in [4.69, 9.17) is 16.7 Å². The van der Waals surface area contributed by atoms with Crippen molar-refractivity contribution in [1.82, 2.24) is 5.32 Å². The van der Waals surface area contributed by atoms with Crippen molar-refractivity contribution in [3.63, 3.8) is 0 Å². The molecule has 22 heavy (non-hydrogen) atoms. The summed E-state index contributed by atoms with van der Waals surface area (Å²) in [7, 11) is 0. The maximum absolute atomic E-state index is 12.7. The van der Waals surface area contributed by atoms with Crippen LogP contribution in [0.25, 0.3) is 0 Å². The Kier molecular flexibility index (Phi) is 6.22. The summed E-state index contributed by atoms with van der Waals surface area (Å²) in [6, 6.07) is 1.76. The van der Waals surface area contributed by atoms with Gasteiger partial charge >= 0.3 is 12.1 Å². The number of hydrogen-bond donors (Lipinski definition) is 2. The summed E-state index contributed by atoms with van der Waals surface area (Å²) in [4.78, 5) is 22.8. The van der Waals surface area contributed by atoms with Gasteiger partial charge in [-0.2, -0.15) is 13.2 Å². The molecule has 1 aromatic rings. The van der Waals surface area contributed by atoms with Gasteiger partial charge in [-0.25, -0.2) is 0 Å². The number of carbonyl (C=O) groups is 2. The van der Waals surface area contributed by atoms with Gasteiger partial charge in [0.2, 0.25) is 0 Å². The lowest BCUT2D eigenvalue weighted by atomic mass is 10.1. The van der Waals surface area contributed by atoms with Crippen LogP contribution in [0.1, 0.15) is 42.1 Å². The Hall–Kier alpha value is -1.76. The van der Waals surface area contributed by atoms with Gasteiger partial charge in [0, 0.05) is 6.04 Å². The van der Waals surface area contributed by atoms with E-state index in [1.54, 1.807) is 6.92 Å². The minimum absolute atomic E-state index is 0.129. The van der Waals surface area contributed by atoms with Crippen molar-refractivity contribution in [2.24, 2.45) is 0 Å². The largest absolute Gasteiger partial charge is 0.481 e. The van der Waals surface area contributed by atoms with Crippen LogP contribution in [0.5, 0.6) is 0 Å². The number of rotatable bonds is 6. The Balaban J connectivity index is 2.98. The number of carboxylic acid groups (broad SMARTS) is 1. The van der Waals surface area contributed by atoms with Crippen LogP contribution in [0.15, 0.2) is 18.2 Å². The van der Waals surface area contributed by atoms with Crippen LogP contribution >= 0.6 is 11.6 Å². The number of carbonyl (C=O) groups excluding carboxylic acids is 1. The maximum Gasteiger partial charge on any atom is 0.416 e. The molecule has 1 aromatic carbocycles. The Morgan fingerprint density at radius 2 is 2.00 bits per heavy atom. The first-order chi connectivity index (χ1) is 10.1. The number of nitrogens with one attached hydrogen (secondary N) is 1. The molecule has 2 N–H and O–H groups in total. The van der Waals surface area contributed by atoms with E-state index in [9.17, 15) is 22.8 Å². The lowest BCUT2D eigenvalue weighted by Crippen LogP contribution is -2.36. The molecule has 0 aliphatic rings. The molecule has 0 saturated heterocycles. The third-order valence-corrected chi connectivity index (χ3v) is 3.26. The summed E-state index contributed by atoms with van der Waals surface area (Å²) in [5.41, 5.74) is -1.32. The molecule has 0 aliphatic carbocycles. The Bertz CT molecular complexity index is 561. The first-order valence-electron chi connectivity index (χ1n) is 6.54. The Morgan fingerprint density at radius 3 is 2.50 bits per heavy atom. The van der Waals surface area contributed by atoms with Crippen molar-refractivity contribution in [2.45, 2.75) is 38.4 Å². The summed E-state index contributed by atoms with van der Waals surface area (Å²) in [5, 5.41) is 11.1. The fourth-order valence-corrected chi connectivity index (χ4v) is 2.13. The lowest BCUT2D eigenvalue weighted by Gasteiger charge is -2.17. The molecule has 0 spiro atoms. The third kappa shape index (κ3) is 5.22. The summed E-state index contributed by atoms with van der Waals surface area (Å²) >= 11 is 5.76. The monoisotopic (exact) mass is 337 g/mol. The molecule has 122 valence electrons. The van der Waals surface area contributed by atoms with E-state index in [0.717, 1.165) is 12.1 Å². The van der Waals surface area contributed by atoms with Gasteiger partial charge in [-0.15, -0.1) is 0 Å². The van der Waals surface area contributed by atoms with Gasteiger partial charge in [0.25, 0.3) is 5.91 Å². The van der Waals surface area contributed by atoms with Crippen LogP contribution in [0.3, 0.4) is 0 Å². The minimum Gasteiger partial charge on any atom is -0.481 e. The Morgan fingerprint density at radius 1 is 1.36 bits per heavy atom. The molecule has 0 bridgehead atoms. The highest BCUT2D eigenvalue weighted by Crippen LogP contribution is 2.31. The van der Waals surface area contributed by atoms with Gasteiger partial charge in [-0.3, -0.25) is 9.59 Å². The van der Waals surface area contributed by atoms with Crippen LogP contribution in [-0.2, 0) is 11.0 Å². The molecule has 1 atom stereocenters. The summed E-state index contributed by atoms with van der Waals surface area (Å²) in [5.74, 6) is -1.93. The van der Waals surface area contributed by atoms with E-state index < -0.39 is 29.7 Å². The van der Waals surface area contributed by atoms with Gasteiger partial charge in [0.05, 0.1) is 22.6 Å². The lowest BCUT2D eigenvalue weighted by molar-refractivity contribution is -0.138. The highest BCUT2D eigenvalue weighted by Gasteiger charge is 2.32. The second kappa shape index (κ2) is 7.49. The quantitative estimate of drug-likeness (QED) is 0.831. The molecule has 0 radical (unpaired) electrons. The van der Waals surface area contributed by atoms with Crippen molar-refractivity contribution >= 4 is 23.5 Å². The molecule has 0 fully saturated rings. The van der Waals surface area contributed by atoms with E-state index in [2.05, 4.69) is 5.32 Å². The number of carboxylic acids is 1. The smallest absolute Gasteiger partial charge is 0.416 e. The fourth-order valence-electron chi connectivity index (χ4n) is 1.92. The molecule has 0 aliphatic heterocycles. The van der Waals surface area contributed by atoms with Crippen LogP contribution < -0.4 is 5.32 Å². The fraction of sp³-hybridized carbons (Fsp3) is 0.429. The van der Waals surface area contributed by atoms with Crippen LogP contribution in [-0.4, -0.2) is 23.0 Å². The van der Waals surface area contributed by atoms with Crippen molar-refractivity contribution in [1.29, 1.82) is 0 Å². The highest BCUT2D eigenvalue weighted by molar-refractivity contribution is 6.33. The molecule has 1 rings (SSSR count). The van der Waals surface area contributed by atoms with Crippen molar-refractivity contribution in [2.75, 3.05) is 0 Å². The van der Waals surface area contributed by atoms with Crippen molar-refractivity contribution in [3.05, 3.63) is 34.3 Å². The zero-order chi connectivity index (χ0) is 16.9. The van der Waals surface area contributed by atoms with Crippen molar-refractivity contribution < 1.29 is 27.9 Å². The number of halogens is 4. The van der Waals surface area contributed by atoms with E-state index in [1.807, 2.05) is 0 Å². The predicted molar refractivity (Wildman–Crippen MR) is 74.9 cm³/mol. The summed E-state index contributed by atoms with van der Waals surface area (Å²) in [6.45, 7) is 1.80. The normalized spacial score (nSPS) is 12.8. The van der Waals surface area contributed by atoms with Gasteiger partial charge in [-0.1, -0.05) is 24.9 Å². The van der Waals surface area contributed by atoms with Crippen LogP contribution in [0, 0.1) is 0 Å². The zero-order valence-corrected chi connectivity index (χ0v) is 12.5. The van der Waals surface area contributed by atoms with Crippen molar-refractivity contribution in [3.8, 4) is 0 Å². The van der Waals surface area contributed by atoms with Gasteiger partial charge in [-0.05, 0) is 24.6 Å². The zero-order valence-electron chi connectivity index (χ0n) is 11.7. The molecule has 0 aromatic heterocycles. The third-order valence-electron chi connectivity index (χ3n) is 2.93. The predicted octanol–water partition coefficient (Wildman–Crippen LogP) is 3.73. The molecule has 4 nitrogen and oxygen atoms in total. The molecular formula is C14H15ClF3NO3. The average molecular weight is 338 g/mol. The van der Waals surface area contributed by atoms with E-state index in [-0.39, 0.29) is 17.0 Å². The highest BCUT2D eigenvalue weighted by atomic mass is 35.5. The minimum atomic E-state index is -4.59. The Labute approximate surface area is 130 Å². The molecule has 0 heterocycles. The standard InChI is InChI=1S/C14H15ClF3NO3/c1-2-3-9(7-12(20)21)19-13(22)10-6-8(14(16,17)18)4-5-11(10)15/h4-6,9H,2-3,7H2,1H3,(H,19,22)(H,20,21)/t9-/m1/s1. The topological polar surface area (TPSA) is 66.4 Å². The van der Waals surface area contributed by atoms with Crippen LogP contribution in [0.2, 0.25) is 5.02 Å². The van der Waals surface area contributed by atoms with Crippen LogP contribution in [0.4, 0.5) is 13.2 Å².